The minimum Gasteiger partial charge on any atom is -0.324 e. The van der Waals surface area contributed by atoms with E-state index < -0.39 is 5.54 Å². The van der Waals surface area contributed by atoms with Crippen molar-refractivity contribution in [2.45, 2.75) is 25.4 Å². The summed E-state index contributed by atoms with van der Waals surface area (Å²) in [6.07, 6.45) is 3.95. The molecule has 0 spiro atoms. The molecule has 1 N–H and O–H groups in total. The number of carbonyl (C=O) groups excluding carboxylic acids is 2. The number of aryl methyl sites for hydroxylation is 1. The lowest BCUT2D eigenvalue weighted by Crippen LogP contribution is -2.44. The fourth-order valence-corrected chi connectivity index (χ4v) is 4.23. The number of thioether (sulfide) groups is 1. The highest BCUT2D eigenvalue weighted by Gasteiger charge is 2.44. The quantitative estimate of drug-likeness (QED) is 0.825. The highest BCUT2D eigenvalue weighted by molar-refractivity contribution is 7.99. The number of nitrogens with zero attached hydrogens (tertiary/aromatic N) is 4. The summed E-state index contributed by atoms with van der Waals surface area (Å²) in [5, 5.41) is 6.99. The van der Waals surface area contributed by atoms with Gasteiger partial charge in [0.25, 0.3) is 5.91 Å². The minimum absolute atomic E-state index is 0.146. The number of imide groups is 1. The maximum absolute atomic E-state index is 12.3. The molecule has 3 heterocycles. The Hall–Kier alpha value is -1.54. The molecule has 0 radical (unpaired) electrons. The fraction of sp³-hybridized carbons (Fsp3) is 0.667. The Morgan fingerprint density at radius 1 is 1.39 bits per heavy atom. The highest BCUT2D eigenvalue weighted by atomic mass is 32.2. The summed E-state index contributed by atoms with van der Waals surface area (Å²) in [5.41, 5.74) is 0.398. The van der Waals surface area contributed by atoms with E-state index >= 15 is 0 Å². The van der Waals surface area contributed by atoms with Gasteiger partial charge < -0.3 is 5.32 Å². The molecular formula is C15H23N5O2S. The van der Waals surface area contributed by atoms with Crippen LogP contribution in [-0.2, 0) is 11.8 Å². The van der Waals surface area contributed by atoms with Gasteiger partial charge in [-0.1, -0.05) is 0 Å². The van der Waals surface area contributed by atoms with Crippen LogP contribution in [-0.4, -0.2) is 68.2 Å². The number of amides is 3. The first kappa shape index (κ1) is 16.3. The van der Waals surface area contributed by atoms with Crippen molar-refractivity contribution in [3.8, 4) is 0 Å². The molecule has 1 atom stereocenters. The SMILES string of the molecule is Cn1cc([C@H]2CSCCN2CCN2C(=O)NC(C)(C)C2=O)cn1. The van der Waals surface area contributed by atoms with Gasteiger partial charge in [-0.3, -0.25) is 19.3 Å². The first-order valence-electron chi connectivity index (χ1n) is 7.83. The fourth-order valence-electron chi connectivity index (χ4n) is 3.07. The Labute approximate surface area is 140 Å². The van der Waals surface area contributed by atoms with Crippen molar-refractivity contribution in [2.24, 2.45) is 7.05 Å². The highest BCUT2D eigenvalue weighted by Crippen LogP contribution is 2.29. The Bertz CT molecular complexity index is 615. The number of hydrogen-bond acceptors (Lipinski definition) is 5. The molecule has 0 unspecified atom stereocenters. The largest absolute Gasteiger partial charge is 0.325 e. The van der Waals surface area contributed by atoms with Crippen LogP contribution >= 0.6 is 11.8 Å². The van der Waals surface area contributed by atoms with Crippen LogP contribution in [0.15, 0.2) is 12.4 Å². The van der Waals surface area contributed by atoms with Gasteiger partial charge in [0, 0.05) is 56.0 Å². The van der Waals surface area contributed by atoms with Gasteiger partial charge in [0.15, 0.2) is 0 Å². The molecule has 7 nitrogen and oxygen atoms in total. The van der Waals surface area contributed by atoms with Gasteiger partial charge in [0.2, 0.25) is 0 Å². The summed E-state index contributed by atoms with van der Waals surface area (Å²) < 4.78 is 1.81. The van der Waals surface area contributed by atoms with Crippen molar-refractivity contribution in [2.75, 3.05) is 31.1 Å². The molecule has 0 bridgehead atoms. The van der Waals surface area contributed by atoms with E-state index in [4.69, 9.17) is 0 Å². The van der Waals surface area contributed by atoms with E-state index in [1.807, 2.05) is 35.9 Å². The first-order chi connectivity index (χ1) is 10.9. The number of rotatable bonds is 4. The van der Waals surface area contributed by atoms with Crippen LogP contribution in [0.25, 0.3) is 0 Å². The number of nitrogens with one attached hydrogen (secondary N) is 1. The van der Waals surface area contributed by atoms with Crippen molar-refractivity contribution < 1.29 is 9.59 Å². The number of hydrogen-bond donors (Lipinski definition) is 1. The number of urea groups is 1. The van der Waals surface area contributed by atoms with Crippen LogP contribution in [0.3, 0.4) is 0 Å². The van der Waals surface area contributed by atoms with Crippen LogP contribution in [0.2, 0.25) is 0 Å². The molecule has 126 valence electrons. The smallest absolute Gasteiger partial charge is 0.324 e. The zero-order valence-corrected chi connectivity index (χ0v) is 14.6. The minimum atomic E-state index is -0.794. The molecule has 0 saturated carbocycles. The monoisotopic (exact) mass is 337 g/mol. The van der Waals surface area contributed by atoms with Crippen LogP contribution in [0.5, 0.6) is 0 Å². The molecule has 1 aromatic rings. The van der Waals surface area contributed by atoms with E-state index in [0.717, 1.165) is 18.1 Å². The van der Waals surface area contributed by atoms with E-state index in [9.17, 15) is 9.59 Å². The van der Waals surface area contributed by atoms with Crippen molar-refractivity contribution >= 4 is 23.7 Å². The zero-order valence-electron chi connectivity index (χ0n) is 13.8. The number of carbonyl (C=O) groups is 2. The lowest BCUT2D eigenvalue weighted by molar-refractivity contribution is -0.130. The van der Waals surface area contributed by atoms with Crippen molar-refractivity contribution in [1.82, 2.24) is 24.9 Å². The maximum atomic E-state index is 12.3. The van der Waals surface area contributed by atoms with E-state index in [1.165, 1.54) is 10.5 Å². The third-order valence-corrected chi connectivity index (χ3v) is 5.43. The Kier molecular flexibility index (Phi) is 4.37. The summed E-state index contributed by atoms with van der Waals surface area (Å²) in [5.74, 6) is 1.94. The molecule has 0 aromatic carbocycles. The Morgan fingerprint density at radius 3 is 2.78 bits per heavy atom. The Morgan fingerprint density at radius 2 is 2.17 bits per heavy atom. The van der Waals surface area contributed by atoms with Gasteiger partial charge in [-0.05, 0) is 13.8 Å². The van der Waals surface area contributed by atoms with Gasteiger partial charge in [-0.2, -0.15) is 16.9 Å². The topological polar surface area (TPSA) is 70.5 Å². The van der Waals surface area contributed by atoms with Crippen LogP contribution < -0.4 is 5.32 Å². The number of aromatic nitrogens is 2. The normalized spacial score (nSPS) is 25.0. The zero-order chi connectivity index (χ0) is 16.6. The van der Waals surface area contributed by atoms with E-state index in [0.29, 0.717) is 13.1 Å². The van der Waals surface area contributed by atoms with Crippen LogP contribution in [0, 0.1) is 0 Å². The van der Waals surface area contributed by atoms with Crippen LogP contribution in [0.4, 0.5) is 4.79 Å². The molecule has 0 aliphatic carbocycles. The van der Waals surface area contributed by atoms with Crippen molar-refractivity contribution in [3.63, 3.8) is 0 Å². The molecule has 2 saturated heterocycles. The van der Waals surface area contributed by atoms with Gasteiger partial charge in [0.1, 0.15) is 5.54 Å². The van der Waals surface area contributed by atoms with E-state index in [2.05, 4.69) is 15.3 Å². The molecule has 2 aliphatic rings. The molecule has 3 rings (SSSR count). The second kappa shape index (κ2) is 6.16. The average molecular weight is 337 g/mol. The standard InChI is InChI=1S/C15H23N5O2S/c1-15(2)13(21)20(14(22)17-15)5-4-19-6-7-23-10-12(19)11-8-16-18(3)9-11/h8-9,12H,4-7,10H2,1-3H3,(H,17,22)/t12-/m1/s1. The lowest BCUT2D eigenvalue weighted by Gasteiger charge is -2.35. The molecule has 2 fully saturated rings. The molecular weight excluding hydrogens is 314 g/mol. The average Bonchev–Trinajstić information content (AvgIpc) is 3.00. The van der Waals surface area contributed by atoms with Crippen molar-refractivity contribution in [3.05, 3.63) is 18.0 Å². The van der Waals surface area contributed by atoms with Gasteiger partial charge >= 0.3 is 6.03 Å². The second-order valence-corrected chi connectivity index (χ2v) is 7.74. The predicted molar refractivity (Wildman–Crippen MR) is 89.2 cm³/mol. The third kappa shape index (κ3) is 3.23. The Balaban J connectivity index is 1.66. The van der Waals surface area contributed by atoms with Gasteiger partial charge in [-0.15, -0.1) is 0 Å². The molecule has 3 amide bonds. The van der Waals surface area contributed by atoms with Gasteiger partial charge in [-0.25, -0.2) is 4.79 Å². The molecule has 2 aliphatic heterocycles. The third-order valence-electron chi connectivity index (χ3n) is 4.40. The molecule has 1 aromatic heterocycles. The van der Waals surface area contributed by atoms with Crippen LogP contribution in [0.1, 0.15) is 25.5 Å². The van der Waals surface area contributed by atoms with Crippen molar-refractivity contribution in [1.29, 1.82) is 0 Å². The first-order valence-corrected chi connectivity index (χ1v) is 8.98. The maximum Gasteiger partial charge on any atom is 0.325 e. The summed E-state index contributed by atoms with van der Waals surface area (Å²) >= 11 is 1.93. The van der Waals surface area contributed by atoms with Gasteiger partial charge in [0.05, 0.1) is 6.20 Å². The second-order valence-electron chi connectivity index (χ2n) is 6.59. The summed E-state index contributed by atoms with van der Waals surface area (Å²) in [4.78, 5) is 27.9. The predicted octanol–water partition coefficient (Wildman–Crippen LogP) is 0.840. The lowest BCUT2D eigenvalue weighted by atomic mass is 10.1. The van der Waals surface area contributed by atoms with E-state index in [-0.39, 0.29) is 18.0 Å². The van der Waals surface area contributed by atoms with E-state index in [1.54, 1.807) is 13.8 Å². The molecule has 23 heavy (non-hydrogen) atoms. The summed E-state index contributed by atoms with van der Waals surface area (Å²) in [6, 6.07) is 0.000499. The summed E-state index contributed by atoms with van der Waals surface area (Å²) in [6.45, 7) is 5.55. The molecule has 8 heteroatoms. The summed E-state index contributed by atoms with van der Waals surface area (Å²) in [7, 11) is 1.92.